The molecule has 0 aliphatic heterocycles. The third kappa shape index (κ3) is 3.95. The summed E-state index contributed by atoms with van der Waals surface area (Å²) in [5.74, 6) is -1.25. The van der Waals surface area contributed by atoms with Crippen LogP contribution in [0.3, 0.4) is 0 Å². The van der Waals surface area contributed by atoms with Crippen molar-refractivity contribution in [3.63, 3.8) is 0 Å². The summed E-state index contributed by atoms with van der Waals surface area (Å²) in [6, 6.07) is 4.22. The molecule has 0 spiro atoms. The van der Waals surface area contributed by atoms with Crippen molar-refractivity contribution in [2.45, 2.75) is 9.79 Å². The maximum atomic E-state index is 14.5. The van der Waals surface area contributed by atoms with Gasteiger partial charge in [0.25, 0.3) is 15.8 Å². The molecular weight excluding hydrogens is 494 g/mol. The van der Waals surface area contributed by atoms with E-state index in [1.54, 1.807) is 0 Å². The fourth-order valence-corrected chi connectivity index (χ4v) is 4.51. The molecule has 0 aliphatic carbocycles. The lowest BCUT2D eigenvalue weighted by atomic mass is 10.0. The van der Waals surface area contributed by atoms with E-state index in [1.807, 2.05) is 0 Å². The number of nitro benzene ring substituents is 1. The molecule has 9 nitrogen and oxygen atoms in total. The van der Waals surface area contributed by atoms with E-state index in [-0.39, 0.29) is 3.57 Å². The zero-order chi connectivity index (χ0) is 19.2. The van der Waals surface area contributed by atoms with Crippen LogP contribution in [0.25, 0.3) is 11.1 Å². The minimum absolute atomic E-state index is 0.148. The Morgan fingerprint density at radius 2 is 1.68 bits per heavy atom. The highest BCUT2D eigenvalue weighted by Crippen LogP contribution is 2.39. The lowest BCUT2D eigenvalue weighted by Gasteiger charge is -2.14. The fraction of sp³-hybridized carbons (Fsp3) is 0. The number of primary sulfonamides is 1. The summed E-state index contributed by atoms with van der Waals surface area (Å²) in [6.45, 7) is 0. The van der Waals surface area contributed by atoms with Crippen molar-refractivity contribution >= 4 is 48.4 Å². The minimum atomic E-state index is -4.95. The van der Waals surface area contributed by atoms with E-state index >= 15 is 0 Å². The third-order valence-electron chi connectivity index (χ3n) is 3.06. The lowest BCUT2D eigenvalue weighted by molar-refractivity contribution is -0.385. The highest BCUT2D eigenvalue weighted by atomic mass is 127. The molecule has 2 rings (SSSR count). The molecule has 25 heavy (non-hydrogen) atoms. The molecule has 0 aromatic heterocycles. The van der Waals surface area contributed by atoms with E-state index in [1.165, 1.54) is 22.6 Å². The third-order valence-corrected chi connectivity index (χ3v) is 5.76. The number of sulfonamides is 1. The summed E-state index contributed by atoms with van der Waals surface area (Å²) in [7, 11) is -9.45. The number of benzene rings is 2. The van der Waals surface area contributed by atoms with Crippen LogP contribution in [0.5, 0.6) is 0 Å². The first-order valence-corrected chi connectivity index (χ1v) is 10.2. The summed E-state index contributed by atoms with van der Waals surface area (Å²) in [6.07, 6.45) is 0. The quantitative estimate of drug-likeness (QED) is 0.280. The zero-order valence-electron chi connectivity index (χ0n) is 11.9. The Morgan fingerprint density at radius 3 is 2.12 bits per heavy atom. The highest BCUT2D eigenvalue weighted by molar-refractivity contribution is 14.1. The topological polar surface area (TPSA) is 158 Å². The second kappa shape index (κ2) is 6.56. The summed E-state index contributed by atoms with van der Waals surface area (Å²) in [5.41, 5.74) is -1.88. The second-order valence-electron chi connectivity index (χ2n) is 4.69. The van der Waals surface area contributed by atoms with Crippen LogP contribution in [0.4, 0.5) is 10.1 Å². The summed E-state index contributed by atoms with van der Waals surface area (Å²) in [5, 5.41) is 15.8. The van der Waals surface area contributed by atoms with E-state index < -0.39 is 57.5 Å². The van der Waals surface area contributed by atoms with Gasteiger partial charge in [-0.3, -0.25) is 14.7 Å². The van der Waals surface area contributed by atoms with Gasteiger partial charge in [0.15, 0.2) is 0 Å². The molecule has 0 radical (unpaired) electrons. The average molecular weight is 502 g/mol. The Morgan fingerprint density at radius 1 is 1.12 bits per heavy atom. The minimum Gasteiger partial charge on any atom is -0.282 e. The van der Waals surface area contributed by atoms with Gasteiger partial charge in [0.1, 0.15) is 10.7 Å². The van der Waals surface area contributed by atoms with Crippen molar-refractivity contribution in [3.05, 3.63) is 49.8 Å². The maximum absolute atomic E-state index is 14.5. The highest BCUT2D eigenvalue weighted by Gasteiger charge is 2.29. The van der Waals surface area contributed by atoms with Crippen LogP contribution in [-0.2, 0) is 20.1 Å². The van der Waals surface area contributed by atoms with Crippen LogP contribution in [0, 0.1) is 19.5 Å². The molecule has 3 N–H and O–H groups in total. The molecule has 0 unspecified atom stereocenters. The van der Waals surface area contributed by atoms with Crippen LogP contribution >= 0.6 is 22.6 Å². The van der Waals surface area contributed by atoms with Crippen molar-refractivity contribution < 1.29 is 30.7 Å². The van der Waals surface area contributed by atoms with Crippen molar-refractivity contribution in [3.8, 4) is 11.1 Å². The molecular formula is C12H8FIN2O7S2. The lowest BCUT2D eigenvalue weighted by Crippen LogP contribution is -2.16. The Bertz CT molecular complexity index is 1030. The van der Waals surface area contributed by atoms with Gasteiger partial charge < -0.3 is 0 Å². The summed E-state index contributed by atoms with van der Waals surface area (Å²) >= 11 is 1.48. The SMILES string of the molecule is NS(=O)(=O)c1cccc(S(=O)(=O)O)c1-c1c(F)cc([N+](=O)[O-])cc1I. The van der Waals surface area contributed by atoms with Gasteiger partial charge in [-0.15, -0.1) is 0 Å². The van der Waals surface area contributed by atoms with Crippen LogP contribution < -0.4 is 5.14 Å². The van der Waals surface area contributed by atoms with Crippen LogP contribution in [0.15, 0.2) is 40.1 Å². The normalized spacial score (nSPS) is 12.2. The van der Waals surface area contributed by atoms with E-state index in [0.29, 0.717) is 6.07 Å². The van der Waals surface area contributed by atoms with Crippen LogP contribution in [0.2, 0.25) is 0 Å². The monoisotopic (exact) mass is 502 g/mol. The summed E-state index contributed by atoms with van der Waals surface area (Å²) < 4.78 is 70.4. The molecule has 0 saturated heterocycles. The molecule has 2 aromatic rings. The standard InChI is InChI=1S/C12H8FIN2O7S2/c13-7-4-6(16(17)18)5-8(14)11(7)12-9(24(15,19)20)2-1-3-10(12)25(21,22)23/h1-5H,(H2,15,19,20)(H,21,22,23). The zero-order valence-corrected chi connectivity index (χ0v) is 15.7. The van der Waals surface area contributed by atoms with E-state index in [0.717, 1.165) is 24.3 Å². The molecule has 134 valence electrons. The van der Waals surface area contributed by atoms with Crippen molar-refractivity contribution in [2.24, 2.45) is 5.14 Å². The second-order valence-corrected chi connectivity index (χ2v) is 8.77. The largest absolute Gasteiger partial charge is 0.295 e. The van der Waals surface area contributed by atoms with Gasteiger partial charge in [-0.25, -0.2) is 17.9 Å². The molecule has 0 fully saturated rings. The van der Waals surface area contributed by atoms with E-state index in [9.17, 15) is 35.9 Å². The van der Waals surface area contributed by atoms with Crippen molar-refractivity contribution in [1.82, 2.24) is 0 Å². The first kappa shape index (κ1) is 19.6. The maximum Gasteiger partial charge on any atom is 0.295 e. The number of halogens is 2. The number of rotatable bonds is 4. The number of nitro groups is 1. The molecule has 0 amide bonds. The average Bonchev–Trinajstić information content (AvgIpc) is 2.44. The van der Waals surface area contributed by atoms with Crippen LogP contribution in [0.1, 0.15) is 0 Å². The molecule has 0 heterocycles. The Kier molecular flexibility index (Phi) is 5.16. The Labute approximate surface area is 154 Å². The van der Waals surface area contributed by atoms with Crippen molar-refractivity contribution in [2.75, 3.05) is 0 Å². The fourth-order valence-electron chi connectivity index (χ4n) is 2.11. The molecule has 0 bridgehead atoms. The number of hydrogen-bond acceptors (Lipinski definition) is 6. The Hall–Kier alpha value is -1.68. The van der Waals surface area contributed by atoms with Gasteiger partial charge in [0.2, 0.25) is 10.0 Å². The van der Waals surface area contributed by atoms with Gasteiger partial charge in [-0.2, -0.15) is 8.42 Å². The summed E-state index contributed by atoms with van der Waals surface area (Å²) in [4.78, 5) is 8.26. The molecule has 0 atom stereocenters. The van der Waals surface area contributed by atoms with Gasteiger partial charge in [0, 0.05) is 20.8 Å². The van der Waals surface area contributed by atoms with Gasteiger partial charge in [-0.1, -0.05) is 6.07 Å². The smallest absolute Gasteiger partial charge is 0.282 e. The van der Waals surface area contributed by atoms with E-state index in [2.05, 4.69) is 0 Å². The molecule has 2 aromatic carbocycles. The predicted molar refractivity (Wildman–Crippen MR) is 92.4 cm³/mol. The van der Waals surface area contributed by atoms with Gasteiger partial charge in [0.05, 0.1) is 15.9 Å². The molecule has 0 saturated carbocycles. The molecule has 13 heteroatoms. The van der Waals surface area contributed by atoms with Gasteiger partial charge in [-0.05, 0) is 34.7 Å². The Balaban J connectivity index is 3.04. The van der Waals surface area contributed by atoms with Crippen LogP contribution in [-0.4, -0.2) is 26.3 Å². The first-order chi connectivity index (χ1) is 11.3. The van der Waals surface area contributed by atoms with E-state index in [4.69, 9.17) is 5.14 Å². The number of hydrogen-bond donors (Lipinski definition) is 2. The number of non-ortho nitro benzene ring substituents is 1. The van der Waals surface area contributed by atoms with Crippen molar-refractivity contribution in [1.29, 1.82) is 0 Å². The predicted octanol–water partition coefficient (Wildman–Crippen LogP) is 1.90. The first-order valence-electron chi connectivity index (χ1n) is 6.11. The van der Waals surface area contributed by atoms with Gasteiger partial charge >= 0.3 is 0 Å². The number of nitrogens with two attached hydrogens (primary N) is 1. The molecule has 0 aliphatic rings. The number of nitrogens with zero attached hydrogens (tertiary/aromatic N) is 1.